The van der Waals surface area contributed by atoms with Gasteiger partial charge in [-0.25, -0.2) is 5.26 Å². The summed E-state index contributed by atoms with van der Waals surface area (Å²) >= 11 is 0. The van der Waals surface area contributed by atoms with Crippen molar-refractivity contribution >= 4 is 28.2 Å². The molecular weight excluding hydrogens is 328 g/mol. The average Bonchev–Trinajstić information content (AvgIpc) is 2.38. The Labute approximate surface area is 125 Å². The molecule has 0 bridgehead atoms. The summed E-state index contributed by atoms with van der Waals surface area (Å²) in [6.45, 7) is 1.22. The molecule has 0 aromatic carbocycles. The Morgan fingerprint density at radius 3 is 1.50 bits per heavy atom. The first-order chi connectivity index (χ1) is 9.93. The normalized spacial score (nSPS) is 16.1. The molecule has 11 nitrogen and oxygen atoms in total. The summed E-state index contributed by atoms with van der Waals surface area (Å²) in [4.78, 5) is 28.0. The van der Waals surface area contributed by atoms with E-state index in [9.17, 15) is 13.2 Å². The Morgan fingerprint density at radius 2 is 1.27 bits per heavy atom. The van der Waals surface area contributed by atoms with Crippen molar-refractivity contribution in [1.29, 1.82) is 0 Å². The van der Waals surface area contributed by atoms with E-state index in [-0.39, 0.29) is 12.8 Å². The molecule has 1 fully saturated rings. The summed E-state index contributed by atoms with van der Waals surface area (Å²) in [7, 11) is -4.18. The molecule has 0 aromatic rings. The number of hydrogen-bond donors (Lipinski definition) is 1. The van der Waals surface area contributed by atoms with Gasteiger partial charge in [0.15, 0.2) is 10.5 Å². The molecule has 0 radical (unpaired) electrons. The molecule has 22 heavy (non-hydrogen) atoms. The molecule has 1 N–H and O–H groups in total. The van der Waals surface area contributed by atoms with Gasteiger partial charge in [0.25, 0.3) is 0 Å². The van der Waals surface area contributed by atoms with E-state index in [4.69, 9.17) is 35.3 Å². The molecule has 0 spiro atoms. The van der Waals surface area contributed by atoms with Crippen LogP contribution in [0.4, 0.5) is 9.59 Å². The fraction of sp³-hybridized carbons (Fsp3) is 0.700. The average molecular weight is 342 g/mol. The van der Waals surface area contributed by atoms with Gasteiger partial charge in [0.1, 0.15) is 0 Å². The van der Waals surface area contributed by atoms with Crippen LogP contribution in [0.1, 0.15) is 39.0 Å². The largest absolute Gasteiger partial charge is 0.652 e. The third kappa shape index (κ3) is 7.75. The quantitative estimate of drug-likeness (QED) is 0.388. The first-order valence-electron chi connectivity index (χ1n) is 5.77. The lowest BCUT2D eigenvalue weighted by molar-refractivity contribution is -0.417. The van der Waals surface area contributed by atoms with Gasteiger partial charge >= 0.3 is 10.1 Å². The van der Waals surface area contributed by atoms with Crippen LogP contribution in [0.5, 0.6) is 0 Å². The van der Waals surface area contributed by atoms with E-state index in [1.807, 2.05) is 0 Å². The highest BCUT2D eigenvalue weighted by atomic mass is 32.2. The highest BCUT2D eigenvalue weighted by molar-refractivity contribution is 7.88. The van der Waals surface area contributed by atoms with Crippen molar-refractivity contribution in [2.45, 2.75) is 43.8 Å². The van der Waals surface area contributed by atoms with Crippen molar-refractivity contribution in [2.24, 2.45) is 0 Å². The van der Waals surface area contributed by atoms with E-state index in [1.54, 1.807) is 0 Å². The molecule has 1 saturated carbocycles. The van der Waals surface area contributed by atoms with Gasteiger partial charge in [-0.2, -0.15) is 8.42 Å². The first kappa shape index (κ1) is 22.4. The van der Waals surface area contributed by atoms with Crippen molar-refractivity contribution in [3.8, 4) is 0 Å². The van der Waals surface area contributed by atoms with Crippen LogP contribution in [0.15, 0.2) is 0 Å². The van der Waals surface area contributed by atoms with E-state index in [0.29, 0.717) is 12.8 Å². The molecular formula is C10H14O11S-4. The number of carboxylic acid groups (broad SMARTS) is 4. The van der Waals surface area contributed by atoms with Crippen molar-refractivity contribution < 1.29 is 52.8 Å². The van der Waals surface area contributed by atoms with E-state index in [0.717, 1.165) is 6.42 Å². The topological polar surface area (TPSA) is 207 Å². The van der Waals surface area contributed by atoms with Crippen LogP contribution in [-0.2, 0) is 19.2 Å². The number of hydrogen-bond acceptors (Lipinski definition) is 11. The molecule has 0 aliphatic heterocycles. The smallest absolute Gasteiger partial charge is 0.306 e. The van der Waals surface area contributed by atoms with Crippen molar-refractivity contribution in [3.63, 3.8) is 0 Å². The minimum atomic E-state index is -4.18. The SMILES string of the molecule is CC(=O)C1(S(=O)(=O)OO)CCCCC1.O=C([O-])[O-].O=C([O-])[O-]. The lowest BCUT2D eigenvalue weighted by Gasteiger charge is -2.31. The van der Waals surface area contributed by atoms with E-state index in [1.165, 1.54) is 6.92 Å². The zero-order valence-corrected chi connectivity index (χ0v) is 12.3. The monoisotopic (exact) mass is 342 g/mol. The second-order valence-corrected chi connectivity index (χ2v) is 5.98. The molecule has 0 saturated heterocycles. The minimum Gasteiger partial charge on any atom is -0.652 e. The zero-order valence-electron chi connectivity index (χ0n) is 11.5. The van der Waals surface area contributed by atoms with Crippen LogP contribution in [0, 0.1) is 0 Å². The summed E-state index contributed by atoms with van der Waals surface area (Å²) in [6.07, 6.45) is -1.93. The van der Waals surface area contributed by atoms with E-state index < -0.39 is 33.0 Å². The Balaban J connectivity index is 0. The Bertz CT molecular complexity index is 455. The van der Waals surface area contributed by atoms with Crippen LogP contribution in [0.3, 0.4) is 0 Å². The van der Waals surface area contributed by atoms with Crippen molar-refractivity contribution in [2.75, 3.05) is 0 Å². The lowest BCUT2D eigenvalue weighted by Crippen LogP contribution is -2.47. The second kappa shape index (κ2) is 9.92. The predicted molar refractivity (Wildman–Crippen MR) is 59.9 cm³/mol. The van der Waals surface area contributed by atoms with Crippen LogP contribution in [-0.4, -0.2) is 36.5 Å². The Morgan fingerprint density at radius 1 is 0.955 bits per heavy atom. The van der Waals surface area contributed by atoms with Gasteiger partial charge in [0.2, 0.25) is 0 Å². The van der Waals surface area contributed by atoms with Gasteiger partial charge in [0.05, 0.1) is 0 Å². The van der Waals surface area contributed by atoms with Gasteiger partial charge in [-0.15, -0.1) is 4.33 Å². The van der Waals surface area contributed by atoms with E-state index >= 15 is 0 Å². The maximum Gasteiger partial charge on any atom is 0.306 e. The van der Waals surface area contributed by atoms with Gasteiger partial charge in [-0.3, -0.25) is 4.79 Å². The minimum absolute atomic E-state index is 0.241. The van der Waals surface area contributed by atoms with Crippen LogP contribution in [0.25, 0.3) is 0 Å². The van der Waals surface area contributed by atoms with Gasteiger partial charge < -0.3 is 30.0 Å². The van der Waals surface area contributed by atoms with Crippen molar-refractivity contribution in [1.82, 2.24) is 0 Å². The molecule has 0 atom stereocenters. The maximum atomic E-state index is 11.4. The molecule has 0 aromatic heterocycles. The molecule has 0 amide bonds. The molecule has 12 heteroatoms. The highest BCUT2D eigenvalue weighted by Gasteiger charge is 2.50. The molecule has 130 valence electrons. The number of Topliss-reactive ketones (excluding diaryl/α,β-unsaturated/α-hetero) is 1. The standard InChI is InChI=1S/C8H14O5S.2CH2O3/c1-7(9)8(14(11,12)13-10)5-3-2-4-6-8;2*2-1(3)4/h10H,2-6H2,1H3;2*(H2,2,3,4)/p-4. The summed E-state index contributed by atoms with van der Waals surface area (Å²) < 4.78 is 24.8. The predicted octanol–water partition coefficient (Wildman–Crippen LogP) is -3.80. The number of rotatable bonds is 3. The Kier molecular flexibility index (Phi) is 10.1. The molecule has 0 unspecified atom stereocenters. The third-order valence-corrected chi connectivity index (χ3v) is 4.73. The van der Waals surface area contributed by atoms with Crippen LogP contribution in [0.2, 0.25) is 0 Å². The van der Waals surface area contributed by atoms with E-state index in [2.05, 4.69) is 4.33 Å². The summed E-state index contributed by atoms with van der Waals surface area (Å²) in [5.41, 5.74) is 0. The molecule has 1 aliphatic rings. The summed E-state index contributed by atoms with van der Waals surface area (Å²) in [6, 6.07) is 0. The Hall–Kier alpha value is -1.92. The highest BCUT2D eigenvalue weighted by Crippen LogP contribution is 2.36. The van der Waals surface area contributed by atoms with Crippen molar-refractivity contribution in [3.05, 3.63) is 0 Å². The first-order valence-corrected chi connectivity index (χ1v) is 7.18. The summed E-state index contributed by atoms with van der Waals surface area (Å²) in [5, 5.41) is 41.7. The number of carbonyl (C=O) groups is 3. The maximum absolute atomic E-state index is 11.4. The fourth-order valence-corrected chi connectivity index (χ4v) is 3.26. The van der Waals surface area contributed by atoms with Crippen LogP contribution >= 0.6 is 0 Å². The van der Waals surface area contributed by atoms with Gasteiger partial charge in [0, 0.05) is 0 Å². The number of carbonyl (C=O) groups excluding carboxylic acids is 3. The second-order valence-electron chi connectivity index (χ2n) is 4.14. The molecule has 1 rings (SSSR count). The third-order valence-electron chi connectivity index (χ3n) is 2.88. The number of ketones is 1. The summed E-state index contributed by atoms with van der Waals surface area (Å²) in [5.74, 6) is -0.453. The fourth-order valence-electron chi connectivity index (χ4n) is 1.97. The lowest BCUT2D eigenvalue weighted by atomic mass is 9.86. The van der Waals surface area contributed by atoms with Gasteiger partial charge in [-0.1, -0.05) is 19.3 Å². The zero-order chi connectivity index (χ0) is 18.0. The van der Waals surface area contributed by atoms with Crippen LogP contribution < -0.4 is 20.4 Å². The van der Waals surface area contributed by atoms with Gasteiger partial charge in [-0.05, 0) is 32.1 Å². The molecule has 1 aliphatic carbocycles. The molecule has 0 heterocycles.